The predicted octanol–water partition coefficient (Wildman–Crippen LogP) is 2.53. The number of likely N-dealkylation sites (tertiary alicyclic amines) is 1. The van der Waals surface area contributed by atoms with Crippen molar-refractivity contribution < 1.29 is 18.0 Å². The van der Waals surface area contributed by atoms with E-state index < -0.39 is 12.1 Å². The molecular weight excluding hydrogens is 281 g/mol. The first-order valence-corrected chi connectivity index (χ1v) is 6.95. The second-order valence-electron chi connectivity index (χ2n) is 5.56. The Morgan fingerprint density at radius 1 is 1.33 bits per heavy atom. The summed E-state index contributed by atoms with van der Waals surface area (Å²) in [4.78, 5) is 14.1. The number of rotatable bonds is 4. The highest BCUT2D eigenvalue weighted by Crippen LogP contribution is 2.22. The fourth-order valence-electron chi connectivity index (χ4n) is 2.73. The molecule has 1 atom stereocenters. The second kappa shape index (κ2) is 6.47. The summed E-state index contributed by atoms with van der Waals surface area (Å²) in [6.45, 7) is 2.54. The first-order valence-electron chi connectivity index (χ1n) is 6.95. The van der Waals surface area contributed by atoms with Gasteiger partial charge in [-0.3, -0.25) is 9.69 Å². The standard InChI is InChI=1S/C15H19F3N2O/c1-19(14(21)15(16,17)18)9-13-7-8-20(11-13)10-12-5-3-2-4-6-12/h2-6,13H,7-11H2,1H3. The quantitative estimate of drug-likeness (QED) is 0.853. The maximum atomic E-state index is 12.3. The van der Waals surface area contributed by atoms with Crippen LogP contribution in [0.25, 0.3) is 0 Å². The monoisotopic (exact) mass is 300 g/mol. The lowest BCUT2D eigenvalue weighted by molar-refractivity contribution is -0.184. The van der Waals surface area contributed by atoms with E-state index in [1.54, 1.807) is 0 Å². The van der Waals surface area contributed by atoms with Crippen molar-refractivity contribution in [3.63, 3.8) is 0 Å². The van der Waals surface area contributed by atoms with Crippen molar-refractivity contribution >= 4 is 5.91 Å². The van der Waals surface area contributed by atoms with Crippen LogP contribution in [0.4, 0.5) is 13.2 Å². The molecule has 1 saturated heterocycles. The molecule has 0 bridgehead atoms. The molecule has 21 heavy (non-hydrogen) atoms. The van der Waals surface area contributed by atoms with Crippen LogP contribution >= 0.6 is 0 Å². The Morgan fingerprint density at radius 3 is 2.62 bits per heavy atom. The van der Waals surface area contributed by atoms with Gasteiger partial charge >= 0.3 is 12.1 Å². The summed E-state index contributed by atoms with van der Waals surface area (Å²) in [5.74, 6) is -1.66. The van der Waals surface area contributed by atoms with Gasteiger partial charge in [0, 0.05) is 26.7 Å². The van der Waals surface area contributed by atoms with Crippen LogP contribution in [0, 0.1) is 5.92 Å². The van der Waals surface area contributed by atoms with E-state index in [0.717, 1.165) is 31.0 Å². The van der Waals surface area contributed by atoms with Gasteiger partial charge in [0.05, 0.1) is 0 Å². The highest BCUT2D eigenvalue weighted by atomic mass is 19.4. The van der Waals surface area contributed by atoms with Crippen molar-refractivity contribution in [3.05, 3.63) is 35.9 Å². The normalized spacial score (nSPS) is 19.7. The molecule has 1 aliphatic heterocycles. The molecule has 0 aromatic heterocycles. The number of hydrogen-bond donors (Lipinski definition) is 0. The third kappa shape index (κ3) is 4.46. The molecule has 1 amide bonds. The van der Waals surface area contributed by atoms with Gasteiger partial charge in [0.15, 0.2) is 0 Å². The fraction of sp³-hybridized carbons (Fsp3) is 0.533. The van der Waals surface area contributed by atoms with E-state index in [1.165, 1.54) is 12.6 Å². The van der Waals surface area contributed by atoms with E-state index in [4.69, 9.17) is 0 Å². The number of nitrogens with zero attached hydrogens (tertiary/aromatic N) is 2. The van der Waals surface area contributed by atoms with Crippen molar-refractivity contribution in [2.45, 2.75) is 19.1 Å². The van der Waals surface area contributed by atoms with E-state index in [1.807, 2.05) is 30.3 Å². The number of amides is 1. The molecule has 0 N–H and O–H groups in total. The Morgan fingerprint density at radius 2 is 2.00 bits per heavy atom. The lowest BCUT2D eigenvalue weighted by atomic mass is 10.1. The zero-order valence-corrected chi connectivity index (χ0v) is 11.9. The maximum absolute atomic E-state index is 12.3. The van der Waals surface area contributed by atoms with Crippen LogP contribution in [0.5, 0.6) is 0 Å². The molecule has 0 spiro atoms. The number of carbonyl (C=O) groups is 1. The molecule has 0 aliphatic carbocycles. The van der Waals surface area contributed by atoms with Gasteiger partial charge in [0.25, 0.3) is 0 Å². The van der Waals surface area contributed by atoms with Gasteiger partial charge in [-0.25, -0.2) is 0 Å². The Labute approximate surface area is 122 Å². The van der Waals surface area contributed by atoms with E-state index >= 15 is 0 Å². The summed E-state index contributed by atoms with van der Waals surface area (Å²) in [7, 11) is 1.22. The van der Waals surface area contributed by atoms with E-state index in [2.05, 4.69) is 4.90 Å². The van der Waals surface area contributed by atoms with Gasteiger partial charge in [-0.05, 0) is 24.4 Å². The van der Waals surface area contributed by atoms with Crippen molar-refractivity contribution in [1.29, 1.82) is 0 Å². The summed E-state index contributed by atoms with van der Waals surface area (Å²) in [5.41, 5.74) is 1.19. The molecule has 1 heterocycles. The fourth-order valence-corrected chi connectivity index (χ4v) is 2.73. The minimum Gasteiger partial charge on any atom is -0.338 e. The number of benzene rings is 1. The van der Waals surface area contributed by atoms with Crippen LogP contribution in [0.2, 0.25) is 0 Å². The van der Waals surface area contributed by atoms with Gasteiger partial charge in [0.1, 0.15) is 0 Å². The first-order chi connectivity index (χ1) is 9.86. The lowest BCUT2D eigenvalue weighted by Crippen LogP contribution is -2.41. The Balaban J connectivity index is 1.81. The van der Waals surface area contributed by atoms with E-state index in [-0.39, 0.29) is 12.5 Å². The molecule has 116 valence electrons. The molecule has 3 nitrogen and oxygen atoms in total. The molecule has 0 saturated carbocycles. The predicted molar refractivity (Wildman–Crippen MR) is 73.5 cm³/mol. The molecule has 6 heteroatoms. The molecule has 1 unspecified atom stereocenters. The Kier molecular flexibility index (Phi) is 4.88. The minimum atomic E-state index is -4.78. The molecule has 1 aromatic carbocycles. The van der Waals surface area contributed by atoms with Crippen LogP contribution in [0.15, 0.2) is 30.3 Å². The zero-order chi connectivity index (χ0) is 15.5. The summed E-state index contributed by atoms with van der Waals surface area (Å²) in [6, 6.07) is 9.96. The molecule has 1 aliphatic rings. The number of alkyl halides is 3. The summed E-state index contributed by atoms with van der Waals surface area (Å²) < 4.78 is 37.0. The van der Waals surface area contributed by atoms with E-state index in [9.17, 15) is 18.0 Å². The van der Waals surface area contributed by atoms with Crippen LogP contribution in [0.3, 0.4) is 0 Å². The SMILES string of the molecule is CN(CC1CCN(Cc2ccccc2)C1)C(=O)C(F)(F)F. The van der Waals surface area contributed by atoms with Crippen LogP contribution in [-0.4, -0.2) is 48.6 Å². The Bertz CT molecular complexity index is 476. The minimum absolute atomic E-state index is 0.102. The van der Waals surface area contributed by atoms with Gasteiger partial charge in [-0.1, -0.05) is 30.3 Å². The number of hydrogen-bond acceptors (Lipinski definition) is 2. The van der Waals surface area contributed by atoms with Crippen molar-refractivity contribution in [3.8, 4) is 0 Å². The van der Waals surface area contributed by atoms with Crippen LogP contribution in [0.1, 0.15) is 12.0 Å². The van der Waals surface area contributed by atoms with Crippen LogP contribution < -0.4 is 0 Å². The summed E-state index contributed by atoms with van der Waals surface area (Å²) in [6.07, 6.45) is -3.96. The van der Waals surface area contributed by atoms with Gasteiger partial charge in [0.2, 0.25) is 0 Å². The average Bonchev–Trinajstić information content (AvgIpc) is 2.85. The third-order valence-corrected chi connectivity index (χ3v) is 3.74. The van der Waals surface area contributed by atoms with Crippen molar-refractivity contribution in [2.75, 3.05) is 26.7 Å². The van der Waals surface area contributed by atoms with Gasteiger partial charge in [-0.15, -0.1) is 0 Å². The van der Waals surface area contributed by atoms with Crippen molar-refractivity contribution in [1.82, 2.24) is 9.80 Å². The average molecular weight is 300 g/mol. The topological polar surface area (TPSA) is 23.6 Å². The maximum Gasteiger partial charge on any atom is 0.471 e. The summed E-state index contributed by atoms with van der Waals surface area (Å²) >= 11 is 0. The Hall–Kier alpha value is -1.56. The van der Waals surface area contributed by atoms with Crippen molar-refractivity contribution in [2.24, 2.45) is 5.92 Å². The highest BCUT2D eigenvalue weighted by Gasteiger charge is 2.41. The van der Waals surface area contributed by atoms with Crippen LogP contribution in [-0.2, 0) is 11.3 Å². The second-order valence-corrected chi connectivity index (χ2v) is 5.56. The molecule has 1 aromatic rings. The number of carbonyl (C=O) groups excluding carboxylic acids is 1. The first kappa shape index (κ1) is 15.8. The lowest BCUT2D eigenvalue weighted by Gasteiger charge is -2.22. The van der Waals surface area contributed by atoms with E-state index in [0.29, 0.717) is 0 Å². The highest BCUT2D eigenvalue weighted by molar-refractivity contribution is 5.81. The smallest absolute Gasteiger partial charge is 0.338 e. The largest absolute Gasteiger partial charge is 0.471 e. The summed E-state index contributed by atoms with van der Waals surface area (Å²) in [5, 5.41) is 0. The molecule has 1 fully saturated rings. The molecule has 0 radical (unpaired) electrons. The third-order valence-electron chi connectivity index (χ3n) is 3.74. The zero-order valence-electron chi connectivity index (χ0n) is 11.9. The molecular formula is C15H19F3N2O. The number of halogens is 3. The van der Waals surface area contributed by atoms with Gasteiger partial charge in [-0.2, -0.15) is 13.2 Å². The van der Waals surface area contributed by atoms with Gasteiger partial charge < -0.3 is 4.90 Å². The molecule has 2 rings (SSSR count).